The van der Waals surface area contributed by atoms with Crippen LogP contribution in [0.1, 0.15) is 24.0 Å². The van der Waals surface area contributed by atoms with Gasteiger partial charge in [0.05, 0.1) is 19.3 Å². The summed E-state index contributed by atoms with van der Waals surface area (Å²) in [7, 11) is 1.62. The number of alkyl halides is 3. The maximum absolute atomic E-state index is 12.5. The van der Waals surface area contributed by atoms with Crippen LogP contribution in [0.4, 0.5) is 13.2 Å². The predicted molar refractivity (Wildman–Crippen MR) is 116 cm³/mol. The van der Waals surface area contributed by atoms with Gasteiger partial charge in [-0.05, 0) is 31.4 Å². The SMILES string of the molecule is CN=C(NCCOCC1CCCO1)NCc1ccc(C)cc1OCC(F)(F)F.I. The highest BCUT2D eigenvalue weighted by atomic mass is 127. The van der Waals surface area contributed by atoms with E-state index in [-0.39, 0.29) is 42.4 Å². The molecule has 29 heavy (non-hydrogen) atoms. The Kier molecular flexibility index (Phi) is 11.7. The van der Waals surface area contributed by atoms with Gasteiger partial charge in [0.2, 0.25) is 0 Å². The lowest BCUT2D eigenvalue weighted by atomic mass is 10.1. The molecule has 0 radical (unpaired) electrons. The van der Waals surface area contributed by atoms with Crippen molar-refractivity contribution in [3.63, 3.8) is 0 Å². The third-order valence-corrected chi connectivity index (χ3v) is 4.15. The first-order valence-electron chi connectivity index (χ1n) is 9.30. The maximum atomic E-state index is 12.5. The van der Waals surface area contributed by atoms with Crippen LogP contribution in [0.3, 0.4) is 0 Å². The van der Waals surface area contributed by atoms with E-state index in [1.165, 1.54) is 0 Å². The molecule has 0 spiro atoms. The van der Waals surface area contributed by atoms with Crippen molar-refractivity contribution < 1.29 is 27.4 Å². The maximum Gasteiger partial charge on any atom is 0.422 e. The minimum atomic E-state index is -4.38. The van der Waals surface area contributed by atoms with Gasteiger partial charge in [-0.3, -0.25) is 4.99 Å². The third-order valence-electron chi connectivity index (χ3n) is 4.15. The number of nitrogens with zero attached hydrogens (tertiary/aromatic N) is 1. The molecule has 1 heterocycles. The smallest absolute Gasteiger partial charge is 0.422 e. The van der Waals surface area contributed by atoms with Gasteiger partial charge in [-0.2, -0.15) is 13.2 Å². The number of rotatable bonds is 9. The highest BCUT2D eigenvalue weighted by Gasteiger charge is 2.28. The molecule has 0 aliphatic carbocycles. The fraction of sp³-hybridized carbons (Fsp3) is 0.632. The highest BCUT2D eigenvalue weighted by molar-refractivity contribution is 14.0. The van der Waals surface area contributed by atoms with Crippen LogP contribution in [0.15, 0.2) is 23.2 Å². The number of nitrogens with one attached hydrogen (secondary N) is 2. The van der Waals surface area contributed by atoms with Crippen LogP contribution in [0.5, 0.6) is 5.75 Å². The Bertz CT molecular complexity index is 639. The number of guanidine groups is 1. The molecule has 1 atom stereocenters. The summed E-state index contributed by atoms with van der Waals surface area (Å²) in [4.78, 5) is 4.10. The van der Waals surface area contributed by atoms with Crippen molar-refractivity contribution in [2.24, 2.45) is 4.99 Å². The van der Waals surface area contributed by atoms with Crippen LogP contribution >= 0.6 is 24.0 Å². The lowest BCUT2D eigenvalue weighted by Gasteiger charge is -2.16. The summed E-state index contributed by atoms with van der Waals surface area (Å²) in [6.07, 6.45) is -2.08. The average molecular weight is 531 g/mol. The van der Waals surface area contributed by atoms with Gasteiger partial charge in [0.25, 0.3) is 0 Å². The molecule has 0 aromatic heterocycles. The van der Waals surface area contributed by atoms with E-state index in [1.54, 1.807) is 26.1 Å². The van der Waals surface area contributed by atoms with E-state index >= 15 is 0 Å². The van der Waals surface area contributed by atoms with Crippen LogP contribution in [0, 0.1) is 6.92 Å². The largest absolute Gasteiger partial charge is 0.484 e. The van der Waals surface area contributed by atoms with Crippen molar-refractivity contribution in [2.45, 2.75) is 38.6 Å². The summed E-state index contributed by atoms with van der Waals surface area (Å²) in [5, 5.41) is 6.18. The number of aryl methyl sites for hydroxylation is 1. The quantitative estimate of drug-likeness (QED) is 0.222. The molecular formula is C19H29F3IN3O3. The van der Waals surface area contributed by atoms with Crippen LogP contribution in [-0.2, 0) is 16.0 Å². The molecule has 0 saturated carbocycles. The Balaban J connectivity index is 0.00000420. The number of halogens is 4. The standard InChI is InChI=1S/C19H28F3N3O3.HI/c1-14-5-6-15(17(10-14)28-13-19(20,21)22)11-25-18(23-2)24-7-9-26-12-16-4-3-8-27-16;/h5-6,10,16H,3-4,7-9,11-13H2,1-2H3,(H2,23,24,25);1H. The summed E-state index contributed by atoms with van der Waals surface area (Å²) in [6.45, 7) is 3.20. The van der Waals surface area contributed by atoms with E-state index in [0.29, 0.717) is 31.3 Å². The summed E-state index contributed by atoms with van der Waals surface area (Å²) < 4.78 is 53.4. The summed E-state index contributed by atoms with van der Waals surface area (Å²) in [5.74, 6) is 0.739. The number of aliphatic imine (C=N–C) groups is 1. The molecular weight excluding hydrogens is 502 g/mol. The van der Waals surface area contributed by atoms with Gasteiger partial charge in [-0.25, -0.2) is 0 Å². The molecule has 166 valence electrons. The highest BCUT2D eigenvalue weighted by Crippen LogP contribution is 2.23. The van der Waals surface area contributed by atoms with E-state index in [0.717, 1.165) is 25.0 Å². The Morgan fingerprint density at radius 2 is 2.10 bits per heavy atom. The molecule has 1 fully saturated rings. The second kappa shape index (κ2) is 13.1. The van der Waals surface area contributed by atoms with Crippen molar-refractivity contribution in [3.05, 3.63) is 29.3 Å². The van der Waals surface area contributed by atoms with Gasteiger partial charge in [-0.1, -0.05) is 12.1 Å². The molecule has 1 unspecified atom stereocenters. The number of hydrogen-bond acceptors (Lipinski definition) is 4. The van der Waals surface area contributed by atoms with Crippen LogP contribution in [-0.4, -0.2) is 58.3 Å². The van der Waals surface area contributed by atoms with E-state index in [9.17, 15) is 13.2 Å². The fourth-order valence-corrected chi connectivity index (χ4v) is 2.73. The molecule has 1 aliphatic rings. The number of hydrogen-bond donors (Lipinski definition) is 2. The van der Waals surface area contributed by atoms with Gasteiger partial charge in [0.15, 0.2) is 12.6 Å². The second-order valence-corrected chi connectivity index (χ2v) is 6.58. The molecule has 2 N–H and O–H groups in total. The summed E-state index contributed by atoms with van der Waals surface area (Å²) in [6, 6.07) is 5.16. The van der Waals surface area contributed by atoms with Crippen LogP contribution in [0.2, 0.25) is 0 Å². The molecule has 10 heteroatoms. The zero-order valence-corrected chi connectivity index (χ0v) is 19.0. The van der Waals surface area contributed by atoms with Crippen molar-refractivity contribution in [2.75, 3.05) is 40.0 Å². The monoisotopic (exact) mass is 531 g/mol. The first-order valence-corrected chi connectivity index (χ1v) is 9.30. The molecule has 6 nitrogen and oxygen atoms in total. The van der Waals surface area contributed by atoms with E-state index in [1.807, 2.05) is 6.07 Å². The van der Waals surface area contributed by atoms with Gasteiger partial charge >= 0.3 is 6.18 Å². The Morgan fingerprint density at radius 1 is 1.31 bits per heavy atom. The molecule has 1 aromatic rings. The van der Waals surface area contributed by atoms with Crippen LogP contribution in [0.25, 0.3) is 0 Å². The Hall–Kier alpha value is -1.27. The van der Waals surface area contributed by atoms with Gasteiger partial charge in [-0.15, -0.1) is 24.0 Å². The first-order chi connectivity index (χ1) is 13.4. The van der Waals surface area contributed by atoms with E-state index in [2.05, 4.69) is 15.6 Å². The average Bonchev–Trinajstić information content (AvgIpc) is 3.16. The number of benzene rings is 1. The Labute approximate surface area is 186 Å². The zero-order chi connectivity index (χ0) is 20.4. The first kappa shape index (κ1) is 25.8. The van der Waals surface area contributed by atoms with Crippen molar-refractivity contribution in [3.8, 4) is 5.75 Å². The van der Waals surface area contributed by atoms with Gasteiger partial charge in [0, 0.05) is 32.3 Å². The van der Waals surface area contributed by atoms with E-state index < -0.39 is 12.8 Å². The molecule has 0 bridgehead atoms. The second-order valence-electron chi connectivity index (χ2n) is 6.58. The Morgan fingerprint density at radius 3 is 2.76 bits per heavy atom. The molecule has 1 saturated heterocycles. The fourth-order valence-electron chi connectivity index (χ4n) is 2.73. The van der Waals surface area contributed by atoms with Gasteiger partial charge in [0.1, 0.15) is 5.75 Å². The zero-order valence-electron chi connectivity index (χ0n) is 16.7. The lowest BCUT2D eigenvalue weighted by molar-refractivity contribution is -0.153. The summed E-state index contributed by atoms with van der Waals surface area (Å²) in [5.41, 5.74) is 1.44. The van der Waals surface area contributed by atoms with E-state index in [4.69, 9.17) is 14.2 Å². The molecule has 1 aliphatic heterocycles. The van der Waals surface area contributed by atoms with Crippen molar-refractivity contribution in [1.82, 2.24) is 10.6 Å². The molecule has 0 amide bonds. The minimum absolute atomic E-state index is 0. The van der Waals surface area contributed by atoms with Gasteiger partial charge < -0.3 is 24.8 Å². The molecule has 1 aromatic carbocycles. The third kappa shape index (κ3) is 10.4. The normalized spacial score (nSPS) is 17.0. The van der Waals surface area contributed by atoms with Crippen LogP contribution < -0.4 is 15.4 Å². The lowest BCUT2D eigenvalue weighted by Crippen LogP contribution is -2.38. The summed E-state index contributed by atoms with van der Waals surface area (Å²) >= 11 is 0. The minimum Gasteiger partial charge on any atom is -0.484 e. The topological polar surface area (TPSA) is 64.1 Å². The molecule has 2 rings (SSSR count). The number of ether oxygens (including phenoxy) is 3. The van der Waals surface area contributed by atoms with Crippen molar-refractivity contribution in [1.29, 1.82) is 0 Å². The predicted octanol–water partition coefficient (Wildman–Crippen LogP) is 3.41. The van der Waals surface area contributed by atoms with Crippen molar-refractivity contribution >= 4 is 29.9 Å².